The number of carbonyl (C=O) groups is 3. The van der Waals surface area contributed by atoms with Gasteiger partial charge in [-0.2, -0.15) is 5.10 Å². The molecule has 7 heteroatoms. The topological polar surface area (TPSA) is 88.1 Å². The third kappa shape index (κ3) is 4.91. The normalized spacial score (nSPS) is 13.8. The number of benzene rings is 1. The predicted octanol–water partition coefficient (Wildman–Crippen LogP) is 0.844. The maximum atomic E-state index is 12.2. The molecule has 2 rings (SSSR count). The molecular weight excluding hydrogens is 298 g/mol. The second kappa shape index (κ2) is 8.07. The van der Waals surface area contributed by atoms with Crippen LogP contribution >= 0.6 is 0 Å². The van der Waals surface area contributed by atoms with Gasteiger partial charge in [0.1, 0.15) is 5.71 Å². The first-order valence-electron chi connectivity index (χ1n) is 7.44. The number of likely N-dealkylation sites (N-methyl/N-ethyl adjacent to an activating group) is 1. The molecule has 23 heavy (non-hydrogen) atoms. The highest BCUT2D eigenvalue weighted by Gasteiger charge is 2.21. The van der Waals surface area contributed by atoms with Crippen molar-refractivity contribution >= 4 is 23.5 Å². The molecule has 1 aromatic rings. The van der Waals surface area contributed by atoms with Crippen LogP contribution in [0.25, 0.3) is 0 Å². The molecule has 0 saturated heterocycles. The van der Waals surface area contributed by atoms with Crippen LogP contribution in [0.3, 0.4) is 0 Å². The molecule has 1 aliphatic rings. The summed E-state index contributed by atoms with van der Waals surface area (Å²) in [5.74, 6) is -1.18. The summed E-state index contributed by atoms with van der Waals surface area (Å²) in [5, 5.41) is 3.64. The van der Waals surface area contributed by atoms with E-state index in [1.807, 2.05) is 37.3 Å². The van der Waals surface area contributed by atoms with E-state index in [1.54, 1.807) is 4.90 Å². The lowest BCUT2D eigenvalue weighted by Crippen LogP contribution is -2.36. The Morgan fingerprint density at radius 2 is 2.00 bits per heavy atom. The number of esters is 1. The van der Waals surface area contributed by atoms with Gasteiger partial charge in [0.2, 0.25) is 5.91 Å². The number of hydrogen-bond donors (Lipinski definition) is 1. The predicted molar refractivity (Wildman–Crippen MR) is 83.3 cm³/mol. The monoisotopic (exact) mass is 317 g/mol. The van der Waals surface area contributed by atoms with Crippen molar-refractivity contribution in [3.63, 3.8) is 0 Å². The fourth-order valence-electron chi connectivity index (χ4n) is 2.10. The lowest BCUT2D eigenvalue weighted by atomic mass is 10.2. The molecular formula is C16H19N3O4. The zero-order valence-corrected chi connectivity index (χ0v) is 12.9. The van der Waals surface area contributed by atoms with Crippen LogP contribution in [0.2, 0.25) is 0 Å². The average molecular weight is 317 g/mol. The first-order valence-corrected chi connectivity index (χ1v) is 7.44. The highest BCUT2D eigenvalue weighted by Crippen LogP contribution is 2.06. The Labute approximate surface area is 134 Å². The molecule has 122 valence electrons. The average Bonchev–Trinajstić information content (AvgIpc) is 2.58. The van der Waals surface area contributed by atoms with Gasteiger partial charge in [-0.05, 0) is 12.5 Å². The molecule has 2 amide bonds. The Bertz CT molecular complexity index is 613. The van der Waals surface area contributed by atoms with E-state index >= 15 is 0 Å². The number of hydrazone groups is 1. The van der Waals surface area contributed by atoms with Crippen molar-refractivity contribution in [1.82, 2.24) is 10.3 Å². The fraction of sp³-hybridized carbons (Fsp3) is 0.375. The van der Waals surface area contributed by atoms with Gasteiger partial charge in [-0.25, -0.2) is 10.2 Å². The van der Waals surface area contributed by atoms with Crippen LogP contribution in [-0.4, -0.2) is 41.5 Å². The maximum absolute atomic E-state index is 12.2. The Morgan fingerprint density at radius 1 is 1.26 bits per heavy atom. The van der Waals surface area contributed by atoms with Crippen molar-refractivity contribution in [1.29, 1.82) is 0 Å². The molecule has 1 aromatic carbocycles. The fourth-order valence-corrected chi connectivity index (χ4v) is 2.10. The molecule has 1 N–H and O–H groups in total. The van der Waals surface area contributed by atoms with Gasteiger partial charge in [-0.3, -0.25) is 9.59 Å². The molecule has 1 heterocycles. The van der Waals surface area contributed by atoms with Gasteiger partial charge in [-0.15, -0.1) is 0 Å². The van der Waals surface area contributed by atoms with Gasteiger partial charge in [-0.1, -0.05) is 30.3 Å². The van der Waals surface area contributed by atoms with Crippen molar-refractivity contribution < 1.29 is 19.1 Å². The smallest absolute Gasteiger partial charge is 0.355 e. The molecule has 7 nitrogen and oxygen atoms in total. The minimum Gasteiger partial charge on any atom is -0.451 e. The van der Waals surface area contributed by atoms with E-state index < -0.39 is 5.97 Å². The van der Waals surface area contributed by atoms with E-state index in [4.69, 9.17) is 4.74 Å². The van der Waals surface area contributed by atoms with Gasteiger partial charge in [0, 0.05) is 25.9 Å². The molecule has 0 aromatic heterocycles. The Hall–Kier alpha value is -2.70. The van der Waals surface area contributed by atoms with Crippen molar-refractivity contribution in [2.45, 2.75) is 26.3 Å². The molecule has 0 bridgehead atoms. The molecule has 0 fully saturated rings. The third-order valence-corrected chi connectivity index (χ3v) is 3.42. The van der Waals surface area contributed by atoms with Gasteiger partial charge < -0.3 is 9.64 Å². The van der Waals surface area contributed by atoms with Crippen LogP contribution < -0.4 is 5.43 Å². The number of carbonyl (C=O) groups excluding carboxylic acids is 3. The Morgan fingerprint density at radius 3 is 2.61 bits per heavy atom. The highest BCUT2D eigenvalue weighted by atomic mass is 16.5. The van der Waals surface area contributed by atoms with Crippen LogP contribution in [0.5, 0.6) is 0 Å². The summed E-state index contributed by atoms with van der Waals surface area (Å²) in [6.45, 7) is 2.50. The standard InChI is InChI=1S/C16H19N3O4/c1-2-19(10-12-6-4-3-5-7-12)15(21)11-23-16(22)13-8-9-14(20)18-17-13/h3-7H,2,8-11H2,1H3,(H,18,20). The van der Waals surface area contributed by atoms with Crippen molar-refractivity contribution in [2.24, 2.45) is 5.10 Å². The molecule has 0 unspecified atom stereocenters. The van der Waals surface area contributed by atoms with E-state index in [0.717, 1.165) is 5.56 Å². The molecule has 0 radical (unpaired) electrons. The lowest BCUT2D eigenvalue weighted by molar-refractivity contribution is -0.147. The van der Waals surface area contributed by atoms with E-state index in [2.05, 4.69) is 10.5 Å². The number of amides is 2. The third-order valence-electron chi connectivity index (χ3n) is 3.42. The van der Waals surface area contributed by atoms with Gasteiger partial charge in [0.15, 0.2) is 6.61 Å². The maximum Gasteiger partial charge on any atom is 0.355 e. The summed E-state index contributed by atoms with van der Waals surface area (Å²) in [6.07, 6.45) is 0.414. The van der Waals surface area contributed by atoms with Gasteiger partial charge in [0.25, 0.3) is 5.91 Å². The Balaban J connectivity index is 1.85. The number of nitrogens with one attached hydrogen (secondary N) is 1. The Kier molecular flexibility index (Phi) is 5.85. The van der Waals surface area contributed by atoms with Crippen molar-refractivity contribution in [2.75, 3.05) is 13.2 Å². The molecule has 0 aliphatic carbocycles. The zero-order valence-electron chi connectivity index (χ0n) is 12.9. The summed E-state index contributed by atoms with van der Waals surface area (Å²) < 4.78 is 4.99. The summed E-state index contributed by atoms with van der Waals surface area (Å²) in [6, 6.07) is 9.59. The van der Waals surface area contributed by atoms with E-state index in [0.29, 0.717) is 13.1 Å². The van der Waals surface area contributed by atoms with Crippen LogP contribution in [0.15, 0.2) is 35.4 Å². The van der Waals surface area contributed by atoms with Crippen molar-refractivity contribution in [3.8, 4) is 0 Å². The van der Waals surface area contributed by atoms with E-state index in [1.165, 1.54) is 0 Å². The zero-order chi connectivity index (χ0) is 16.7. The number of rotatable bonds is 6. The minimum absolute atomic E-state index is 0.128. The minimum atomic E-state index is -0.672. The molecule has 1 aliphatic heterocycles. The first kappa shape index (κ1) is 16.7. The molecule has 0 saturated carbocycles. The van der Waals surface area contributed by atoms with Crippen LogP contribution in [0, 0.1) is 0 Å². The quantitative estimate of drug-likeness (QED) is 0.788. The summed E-state index contributed by atoms with van der Waals surface area (Å²) in [5.41, 5.74) is 3.36. The molecule has 0 atom stereocenters. The van der Waals surface area contributed by atoms with E-state index in [-0.39, 0.29) is 37.0 Å². The summed E-state index contributed by atoms with van der Waals surface area (Å²) >= 11 is 0. The first-order chi connectivity index (χ1) is 11.1. The second-order valence-corrected chi connectivity index (χ2v) is 5.06. The number of ether oxygens (including phenoxy) is 1. The second-order valence-electron chi connectivity index (χ2n) is 5.06. The summed E-state index contributed by atoms with van der Waals surface area (Å²) in [7, 11) is 0. The van der Waals surface area contributed by atoms with Crippen LogP contribution in [-0.2, 0) is 25.7 Å². The SMILES string of the molecule is CCN(Cc1ccccc1)C(=O)COC(=O)C1=NNC(=O)CC1. The van der Waals surface area contributed by atoms with Gasteiger partial charge >= 0.3 is 5.97 Å². The van der Waals surface area contributed by atoms with Crippen LogP contribution in [0.4, 0.5) is 0 Å². The van der Waals surface area contributed by atoms with Crippen LogP contribution in [0.1, 0.15) is 25.3 Å². The highest BCUT2D eigenvalue weighted by molar-refractivity contribution is 6.37. The largest absolute Gasteiger partial charge is 0.451 e. The van der Waals surface area contributed by atoms with Gasteiger partial charge in [0.05, 0.1) is 0 Å². The number of hydrogen-bond acceptors (Lipinski definition) is 5. The van der Waals surface area contributed by atoms with E-state index in [9.17, 15) is 14.4 Å². The number of nitrogens with zero attached hydrogens (tertiary/aromatic N) is 2. The summed E-state index contributed by atoms with van der Waals surface area (Å²) in [4.78, 5) is 36.5. The lowest BCUT2D eigenvalue weighted by Gasteiger charge is -2.21. The molecule has 0 spiro atoms. The van der Waals surface area contributed by atoms with Crippen molar-refractivity contribution in [3.05, 3.63) is 35.9 Å².